The minimum absolute atomic E-state index is 0.0318. The highest BCUT2D eigenvalue weighted by Crippen LogP contribution is 2.53. The van der Waals surface area contributed by atoms with Crippen LogP contribution in [0.2, 0.25) is 0 Å². The molecule has 1 aliphatic carbocycles. The number of aromatic nitrogens is 4. The van der Waals surface area contributed by atoms with Crippen LogP contribution in [0, 0.1) is 11.2 Å². The summed E-state index contributed by atoms with van der Waals surface area (Å²) in [6.07, 6.45) is 4.80. The van der Waals surface area contributed by atoms with E-state index in [1.807, 2.05) is 4.90 Å². The average Bonchev–Trinajstić information content (AvgIpc) is 3.10. The number of fused-ring (bicyclic) bond motifs is 1. The number of rotatable bonds is 4. The van der Waals surface area contributed by atoms with Gasteiger partial charge in [0.2, 0.25) is 5.91 Å². The standard InChI is InChI=1S/C19H21FN6O2/c1-11(17(27)26-9-7-19(5-6-19)8-10-26)21-18-25-24-16(28-18)15-12-3-2-4-13(20)14(12)22-23-15/h2-4,11H,5-10H2,1H3,(H,21,25)(H,22,23)/t11-/m1/s1. The van der Waals surface area contributed by atoms with Gasteiger partial charge in [0.15, 0.2) is 5.82 Å². The van der Waals surface area contributed by atoms with Crippen LogP contribution in [0.3, 0.4) is 0 Å². The molecular formula is C19H21FN6O2. The average molecular weight is 384 g/mol. The molecule has 1 amide bonds. The number of benzene rings is 1. The maximum Gasteiger partial charge on any atom is 0.316 e. The summed E-state index contributed by atoms with van der Waals surface area (Å²) in [7, 11) is 0. The Kier molecular flexibility index (Phi) is 3.85. The largest absolute Gasteiger partial charge is 0.402 e. The van der Waals surface area contributed by atoms with Crippen LogP contribution in [0.1, 0.15) is 32.6 Å². The molecule has 2 aliphatic rings. The van der Waals surface area contributed by atoms with E-state index < -0.39 is 11.9 Å². The zero-order valence-electron chi connectivity index (χ0n) is 15.5. The van der Waals surface area contributed by atoms with Crippen molar-refractivity contribution >= 4 is 22.8 Å². The van der Waals surface area contributed by atoms with Gasteiger partial charge in [0.05, 0.1) is 0 Å². The smallest absolute Gasteiger partial charge is 0.316 e. The van der Waals surface area contributed by atoms with Gasteiger partial charge in [0.25, 0.3) is 5.89 Å². The Labute approximate surface area is 160 Å². The first kappa shape index (κ1) is 17.2. The predicted molar refractivity (Wildman–Crippen MR) is 99.9 cm³/mol. The number of hydrogen-bond donors (Lipinski definition) is 2. The summed E-state index contributed by atoms with van der Waals surface area (Å²) in [5.41, 5.74) is 1.19. The van der Waals surface area contributed by atoms with E-state index in [4.69, 9.17) is 4.42 Å². The van der Waals surface area contributed by atoms with Gasteiger partial charge >= 0.3 is 6.01 Å². The maximum absolute atomic E-state index is 13.8. The van der Waals surface area contributed by atoms with Crippen LogP contribution in [0.15, 0.2) is 22.6 Å². The molecule has 2 N–H and O–H groups in total. The van der Waals surface area contributed by atoms with Gasteiger partial charge in [-0.05, 0) is 44.1 Å². The quantitative estimate of drug-likeness (QED) is 0.717. The lowest BCUT2D eigenvalue weighted by Gasteiger charge is -2.33. The molecule has 28 heavy (non-hydrogen) atoms. The van der Waals surface area contributed by atoms with Crippen LogP contribution in [0.25, 0.3) is 22.5 Å². The molecule has 5 rings (SSSR count). The van der Waals surface area contributed by atoms with E-state index in [-0.39, 0.29) is 23.3 Å². The summed E-state index contributed by atoms with van der Waals surface area (Å²) >= 11 is 0. The molecular weight excluding hydrogens is 363 g/mol. The number of piperidine rings is 1. The van der Waals surface area contributed by atoms with Crippen molar-refractivity contribution in [2.75, 3.05) is 18.4 Å². The van der Waals surface area contributed by atoms with E-state index in [2.05, 4.69) is 25.7 Å². The van der Waals surface area contributed by atoms with Gasteiger partial charge in [-0.2, -0.15) is 5.10 Å². The van der Waals surface area contributed by atoms with Crippen molar-refractivity contribution < 1.29 is 13.6 Å². The first-order valence-electron chi connectivity index (χ1n) is 9.56. The van der Waals surface area contributed by atoms with E-state index in [1.54, 1.807) is 19.1 Å². The Hall–Kier alpha value is -2.97. The Balaban J connectivity index is 1.28. The molecule has 2 fully saturated rings. The summed E-state index contributed by atoms with van der Waals surface area (Å²) in [6, 6.07) is 4.33. The van der Waals surface area contributed by atoms with Gasteiger partial charge < -0.3 is 14.6 Å². The zero-order valence-corrected chi connectivity index (χ0v) is 15.5. The zero-order chi connectivity index (χ0) is 19.3. The summed E-state index contributed by atoms with van der Waals surface area (Å²) in [5, 5.41) is 18.2. The number of para-hydroxylation sites is 1. The molecule has 2 aromatic heterocycles. The summed E-state index contributed by atoms with van der Waals surface area (Å²) < 4.78 is 19.4. The lowest BCUT2D eigenvalue weighted by molar-refractivity contribution is -0.133. The van der Waals surface area contributed by atoms with E-state index >= 15 is 0 Å². The molecule has 1 atom stereocenters. The number of aromatic amines is 1. The van der Waals surface area contributed by atoms with E-state index in [1.165, 1.54) is 18.9 Å². The van der Waals surface area contributed by atoms with Gasteiger partial charge in [-0.3, -0.25) is 9.89 Å². The molecule has 0 unspecified atom stereocenters. The number of anilines is 1. The fourth-order valence-electron chi connectivity index (χ4n) is 3.95. The van der Waals surface area contributed by atoms with Crippen LogP contribution in [0.5, 0.6) is 0 Å². The highest BCUT2D eigenvalue weighted by molar-refractivity contribution is 5.91. The fourth-order valence-corrected chi connectivity index (χ4v) is 3.95. The summed E-state index contributed by atoms with van der Waals surface area (Å²) in [4.78, 5) is 14.6. The van der Waals surface area contributed by atoms with Crippen molar-refractivity contribution in [3.05, 3.63) is 24.0 Å². The molecule has 0 bridgehead atoms. The summed E-state index contributed by atoms with van der Waals surface area (Å²) in [6.45, 7) is 3.41. The Bertz CT molecular complexity index is 1030. The molecule has 9 heteroatoms. The summed E-state index contributed by atoms with van der Waals surface area (Å²) in [5.74, 6) is -0.209. The number of nitrogens with zero attached hydrogens (tertiary/aromatic N) is 4. The SMILES string of the molecule is C[C@@H](Nc1nnc(-c2[nH]nc3c(F)cccc23)o1)C(=O)N1CCC2(CC1)CC2. The molecule has 146 valence electrons. The predicted octanol–water partition coefficient (Wildman–Crippen LogP) is 2.96. The molecule has 0 radical (unpaired) electrons. The maximum atomic E-state index is 13.8. The lowest BCUT2D eigenvalue weighted by atomic mass is 9.93. The normalized spacial score (nSPS) is 19.1. The third-order valence-corrected chi connectivity index (χ3v) is 5.98. The molecule has 1 aromatic carbocycles. The molecule has 1 saturated carbocycles. The fraction of sp³-hybridized carbons (Fsp3) is 0.474. The molecule has 3 aromatic rings. The number of likely N-dealkylation sites (tertiary alicyclic amines) is 1. The molecule has 1 saturated heterocycles. The number of carbonyl (C=O) groups excluding carboxylic acids is 1. The van der Waals surface area contributed by atoms with Gasteiger partial charge in [0.1, 0.15) is 17.3 Å². The second-order valence-corrected chi connectivity index (χ2v) is 7.84. The van der Waals surface area contributed by atoms with Crippen LogP contribution >= 0.6 is 0 Å². The molecule has 3 heterocycles. The number of hydrogen-bond acceptors (Lipinski definition) is 6. The Morgan fingerprint density at radius 1 is 1.29 bits per heavy atom. The van der Waals surface area contributed by atoms with Crippen molar-refractivity contribution in [1.29, 1.82) is 0 Å². The van der Waals surface area contributed by atoms with Gasteiger partial charge in [-0.15, -0.1) is 5.10 Å². The van der Waals surface area contributed by atoms with Crippen molar-refractivity contribution in [3.8, 4) is 11.6 Å². The van der Waals surface area contributed by atoms with E-state index in [0.29, 0.717) is 16.5 Å². The molecule has 1 spiro atoms. The van der Waals surface area contributed by atoms with Crippen LogP contribution in [0.4, 0.5) is 10.4 Å². The number of nitrogens with one attached hydrogen (secondary N) is 2. The van der Waals surface area contributed by atoms with Crippen molar-refractivity contribution in [2.45, 2.75) is 38.6 Å². The van der Waals surface area contributed by atoms with Gasteiger partial charge in [-0.25, -0.2) is 4.39 Å². The molecule has 1 aliphatic heterocycles. The first-order chi connectivity index (χ1) is 13.5. The topological polar surface area (TPSA) is 99.9 Å². The van der Waals surface area contributed by atoms with Crippen molar-refractivity contribution in [1.82, 2.24) is 25.3 Å². The van der Waals surface area contributed by atoms with E-state index in [0.717, 1.165) is 25.9 Å². The second kappa shape index (κ2) is 6.29. The minimum Gasteiger partial charge on any atom is -0.402 e. The van der Waals surface area contributed by atoms with Crippen LogP contribution < -0.4 is 5.32 Å². The van der Waals surface area contributed by atoms with Crippen molar-refractivity contribution in [2.24, 2.45) is 5.41 Å². The van der Waals surface area contributed by atoms with Crippen LogP contribution in [-0.4, -0.2) is 50.3 Å². The monoisotopic (exact) mass is 384 g/mol. The Morgan fingerprint density at radius 3 is 2.82 bits per heavy atom. The third-order valence-electron chi connectivity index (χ3n) is 5.98. The third kappa shape index (κ3) is 2.90. The number of carbonyl (C=O) groups is 1. The van der Waals surface area contributed by atoms with Gasteiger partial charge in [0, 0.05) is 18.5 Å². The first-order valence-corrected chi connectivity index (χ1v) is 9.56. The number of amides is 1. The lowest BCUT2D eigenvalue weighted by Crippen LogP contribution is -2.45. The van der Waals surface area contributed by atoms with Crippen molar-refractivity contribution in [3.63, 3.8) is 0 Å². The number of H-pyrrole nitrogens is 1. The van der Waals surface area contributed by atoms with E-state index in [9.17, 15) is 9.18 Å². The van der Waals surface area contributed by atoms with Crippen LogP contribution in [-0.2, 0) is 4.79 Å². The molecule has 8 nitrogen and oxygen atoms in total. The highest BCUT2D eigenvalue weighted by Gasteiger charge is 2.45. The Morgan fingerprint density at radius 2 is 2.07 bits per heavy atom. The minimum atomic E-state index is -0.475. The number of halogens is 1. The highest BCUT2D eigenvalue weighted by atomic mass is 19.1. The van der Waals surface area contributed by atoms with Gasteiger partial charge in [-0.1, -0.05) is 17.2 Å². The second-order valence-electron chi connectivity index (χ2n) is 7.84.